The van der Waals surface area contributed by atoms with Crippen molar-refractivity contribution in [3.05, 3.63) is 12.3 Å². The van der Waals surface area contributed by atoms with Gasteiger partial charge >= 0.3 is 8.56 Å². The normalized spacial score (nSPS) is 11.5. The summed E-state index contributed by atoms with van der Waals surface area (Å²) in [7, 11) is -3.00. The van der Waals surface area contributed by atoms with Crippen LogP contribution in [0.15, 0.2) is 12.3 Å². The summed E-state index contributed by atoms with van der Waals surface area (Å²) in [6, 6.07) is 0. The Hall–Kier alpha value is -1.10. The summed E-state index contributed by atoms with van der Waals surface area (Å²) < 4.78 is 11.3. The van der Waals surface area contributed by atoms with E-state index in [4.69, 9.17) is 8.85 Å². The molecule has 5 heteroatoms. The van der Waals surface area contributed by atoms with Gasteiger partial charge in [0.15, 0.2) is 0 Å². The summed E-state index contributed by atoms with van der Waals surface area (Å²) in [6.45, 7) is 10.1. The van der Waals surface area contributed by atoms with Gasteiger partial charge in [0, 0.05) is 19.4 Å². The smallest absolute Gasteiger partial charge is 0.482 e. The highest BCUT2D eigenvalue weighted by Crippen LogP contribution is 2.17. The van der Waals surface area contributed by atoms with Gasteiger partial charge < -0.3 is 8.85 Å². The van der Waals surface area contributed by atoms with Gasteiger partial charge in [0.2, 0.25) is 0 Å². The minimum absolute atomic E-state index is 0.256. The lowest BCUT2D eigenvalue weighted by Gasteiger charge is -2.22. The van der Waals surface area contributed by atoms with Crippen LogP contribution in [0.3, 0.4) is 0 Å². The van der Waals surface area contributed by atoms with Crippen LogP contribution >= 0.6 is 0 Å². The monoisotopic (exact) mass is 637 g/mol. The van der Waals surface area contributed by atoms with Crippen molar-refractivity contribution >= 4 is 20.5 Å². The van der Waals surface area contributed by atoms with Crippen LogP contribution in [-0.4, -0.2) is 20.5 Å². The summed E-state index contributed by atoms with van der Waals surface area (Å²) in [5, 5.41) is 0. The number of carbonyl (C=O) groups is 2. The minimum atomic E-state index is -3.00. The molecule has 0 spiro atoms. The first-order chi connectivity index (χ1) is 21.5. The number of rotatable bonds is 35. The van der Waals surface area contributed by atoms with E-state index in [1.165, 1.54) is 167 Å². The summed E-state index contributed by atoms with van der Waals surface area (Å²) in [4.78, 5) is 24.8. The van der Waals surface area contributed by atoms with E-state index in [-0.39, 0.29) is 11.9 Å². The molecule has 0 atom stereocenters. The zero-order valence-electron chi connectivity index (χ0n) is 30.0. The van der Waals surface area contributed by atoms with E-state index in [1.807, 2.05) is 0 Å². The zero-order valence-corrected chi connectivity index (χ0v) is 31.0. The average molecular weight is 637 g/mol. The molecule has 0 saturated carbocycles. The first-order valence-electron chi connectivity index (χ1n) is 19.5. The molecule has 0 radical (unpaired) electrons. The molecule has 0 fully saturated rings. The van der Waals surface area contributed by atoms with Crippen LogP contribution < -0.4 is 0 Å². The molecule has 0 aromatic heterocycles. The van der Waals surface area contributed by atoms with Crippen LogP contribution in [-0.2, 0) is 18.4 Å². The predicted molar refractivity (Wildman–Crippen MR) is 193 cm³/mol. The van der Waals surface area contributed by atoms with E-state index in [1.54, 1.807) is 12.2 Å². The number of hydrogen-bond acceptors (Lipinski definition) is 4. The Morgan fingerprint density at radius 1 is 0.432 bits per heavy atom. The molecular weight excluding hydrogens is 561 g/mol. The molecule has 0 saturated heterocycles. The molecule has 260 valence electrons. The molecule has 0 amide bonds. The number of hydrogen-bond donors (Lipinski definition) is 0. The second-order valence-electron chi connectivity index (χ2n) is 13.6. The largest absolute Gasteiger partial charge is 0.488 e. The van der Waals surface area contributed by atoms with Gasteiger partial charge in [-0.05, 0) is 18.5 Å². The van der Waals surface area contributed by atoms with Crippen molar-refractivity contribution in [1.82, 2.24) is 0 Å². The Kier molecular flexibility index (Phi) is 32.4. The minimum Gasteiger partial charge on any atom is -0.482 e. The van der Waals surface area contributed by atoms with Crippen molar-refractivity contribution in [2.75, 3.05) is 0 Å². The van der Waals surface area contributed by atoms with Gasteiger partial charge in [0.25, 0.3) is 11.9 Å². The molecule has 0 aliphatic rings. The quantitative estimate of drug-likeness (QED) is 0.0513. The molecule has 0 aromatic rings. The molecular formula is C39H76O4Si. The van der Waals surface area contributed by atoms with Crippen LogP contribution in [0.4, 0.5) is 0 Å². The van der Waals surface area contributed by atoms with Gasteiger partial charge in [0.05, 0.1) is 0 Å². The fourth-order valence-electron chi connectivity index (χ4n) is 5.94. The Labute approximate surface area is 276 Å². The van der Waals surface area contributed by atoms with Crippen molar-refractivity contribution < 1.29 is 18.4 Å². The topological polar surface area (TPSA) is 52.6 Å². The SMILES string of the molecule is C=C[Si](C)(OC(=O)CCCCCCCCCCCCCCCCC)OC(=O)CCCCCCCCCCCCCCCCC. The highest BCUT2D eigenvalue weighted by atomic mass is 28.4. The average Bonchev–Trinajstić information content (AvgIpc) is 3.01. The van der Waals surface area contributed by atoms with Gasteiger partial charge in [-0.2, -0.15) is 0 Å². The maximum Gasteiger partial charge on any atom is 0.488 e. The molecule has 0 aromatic carbocycles. The second-order valence-corrected chi connectivity index (χ2v) is 16.4. The van der Waals surface area contributed by atoms with E-state index >= 15 is 0 Å². The number of unbranched alkanes of at least 4 members (excludes halogenated alkanes) is 28. The Morgan fingerprint density at radius 3 is 0.841 bits per heavy atom. The standard InChI is InChI=1S/C39H76O4Si/c1-5-8-10-12-14-16-18-20-22-24-26-28-30-32-34-36-38(40)42-44(4,7-3)43-39(41)37-35-33-31-29-27-25-23-21-19-17-15-13-11-9-6-2/h7H,3,5-6,8-37H2,1-2,4H3. The third-order valence-electron chi connectivity index (χ3n) is 8.97. The van der Waals surface area contributed by atoms with E-state index in [0.29, 0.717) is 12.8 Å². The summed E-state index contributed by atoms with van der Waals surface area (Å²) in [6.07, 6.45) is 39.8. The van der Waals surface area contributed by atoms with E-state index in [9.17, 15) is 9.59 Å². The fourth-order valence-corrected chi connectivity index (χ4v) is 7.26. The van der Waals surface area contributed by atoms with E-state index < -0.39 is 8.56 Å². The predicted octanol–water partition coefficient (Wildman–Crippen LogP) is 13.4. The molecule has 0 bridgehead atoms. The van der Waals surface area contributed by atoms with Crippen molar-refractivity contribution in [2.45, 2.75) is 226 Å². The van der Waals surface area contributed by atoms with Crippen LogP contribution in [0.5, 0.6) is 0 Å². The second kappa shape index (κ2) is 33.3. The molecule has 44 heavy (non-hydrogen) atoms. The van der Waals surface area contributed by atoms with Gasteiger partial charge in [-0.15, -0.1) is 6.58 Å². The van der Waals surface area contributed by atoms with Crippen LogP contribution in [0, 0.1) is 0 Å². The summed E-state index contributed by atoms with van der Waals surface area (Å²) in [5.41, 5.74) is 1.56. The molecule has 0 unspecified atom stereocenters. The van der Waals surface area contributed by atoms with Crippen molar-refractivity contribution in [2.24, 2.45) is 0 Å². The third kappa shape index (κ3) is 30.9. The Bertz CT molecular complexity index is 602. The van der Waals surface area contributed by atoms with Gasteiger partial charge in [-0.25, -0.2) is 0 Å². The lowest BCUT2D eigenvalue weighted by atomic mass is 10.0. The molecule has 0 N–H and O–H groups in total. The molecule has 4 nitrogen and oxygen atoms in total. The van der Waals surface area contributed by atoms with E-state index in [2.05, 4.69) is 20.4 Å². The highest BCUT2D eigenvalue weighted by Gasteiger charge is 2.36. The Balaban J connectivity index is 3.64. The number of carbonyl (C=O) groups excluding carboxylic acids is 2. The first kappa shape index (κ1) is 42.9. The van der Waals surface area contributed by atoms with Gasteiger partial charge in [-0.3, -0.25) is 9.59 Å². The van der Waals surface area contributed by atoms with Gasteiger partial charge in [0.1, 0.15) is 0 Å². The maximum absolute atomic E-state index is 12.4. The van der Waals surface area contributed by atoms with Crippen LogP contribution in [0.1, 0.15) is 219 Å². The molecule has 0 aliphatic carbocycles. The lowest BCUT2D eigenvalue weighted by molar-refractivity contribution is -0.141. The van der Waals surface area contributed by atoms with Gasteiger partial charge in [-0.1, -0.05) is 194 Å². The lowest BCUT2D eigenvalue weighted by Crippen LogP contribution is -2.41. The van der Waals surface area contributed by atoms with Crippen molar-refractivity contribution in [3.8, 4) is 0 Å². The highest BCUT2D eigenvalue weighted by molar-refractivity contribution is 6.74. The first-order valence-corrected chi connectivity index (χ1v) is 21.9. The molecule has 0 aliphatic heterocycles. The fraction of sp³-hybridized carbons (Fsp3) is 0.897. The molecule has 0 heterocycles. The maximum atomic E-state index is 12.4. The van der Waals surface area contributed by atoms with Crippen molar-refractivity contribution in [3.63, 3.8) is 0 Å². The third-order valence-corrected chi connectivity index (χ3v) is 11.0. The molecule has 0 rings (SSSR count). The summed E-state index contributed by atoms with van der Waals surface area (Å²) in [5.74, 6) is -0.512. The summed E-state index contributed by atoms with van der Waals surface area (Å²) >= 11 is 0. The Morgan fingerprint density at radius 2 is 0.636 bits per heavy atom. The zero-order chi connectivity index (χ0) is 32.4. The van der Waals surface area contributed by atoms with E-state index in [0.717, 1.165) is 25.7 Å². The van der Waals surface area contributed by atoms with Crippen molar-refractivity contribution in [1.29, 1.82) is 0 Å². The van der Waals surface area contributed by atoms with Crippen LogP contribution in [0.2, 0.25) is 6.55 Å². The van der Waals surface area contributed by atoms with Crippen LogP contribution in [0.25, 0.3) is 0 Å².